The molecule has 3 N–H and O–H groups in total. The normalized spacial score (nSPS) is 9.90. The van der Waals surface area contributed by atoms with Crippen molar-refractivity contribution in [2.45, 2.75) is 6.42 Å². The van der Waals surface area contributed by atoms with E-state index >= 15 is 0 Å². The van der Waals surface area contributed by atoms with Gasteiger partial charge in [0.05, 0.1) is 4.99 Å². The van der Waals surface area contributed by atoms with Crippen molar-refractivity contribution >= 4 is 34.6 Å². The van der Waals surface area contributed by atoms with E-state index in [1.807, 2.05) is 60.7 Å². The highest BCUT2D eigenvalue weighted by Crippen LogP contribution is 2.16. The van der Waals surface area contributed by atoms with Crippen LogP contribution in [-0.4, -0.2) is 17.6 Å². The van der Waals surface area contributed by atoms with E-state index in [1.165, 1.54) is 0 Å². The number of para-hydroxylation sites is 2. The Balaban J connectivity index is 2.14. The third-order valence-electron chi connectivity index (χ3n) is 2.92. The zero-order valence-corrected chi connectivity index (χ0v) is 12.3. The lowest BCUT2D eigenvalue weighted by Gasteiger charge is -2.23. The SMILES string of the molecule is NC(=S)CCN(C(=O)Nc1ccccc1)c1ccccc1. The number of hydrogen-bond donors (Lipinski definition) is 2. The first-order valence-electron chi connectivity index (χ1n) is 6.64. The Kier molecular flexibility index (Phi) is 5.29. The lowest BCUT2D eigenvalue weighted by atomic mass is 10.2. The van der Waals surface area contributed by atoms with Crippen LogP contribution in [0.25, 0.3) is 0 Å². The van der Waals surface area contributed by atoms with Gasteiger partial charge < -0.3 is 11.1 Å². The molecule has 5 heteroatoms. The molecule has 2 amide bonds. The van der Waals surface area contributed by atoms with Gasteiger partial charge in [0.1, 0.15) is 0 Å². The summed E-state index contributed by atoms with van der Waals surface area (Å²) < 4.78 is 0. The lowest BCUT2D eigenvalue weighted by molar-refractivity contribution is 0.257. The standard InChI is InChI=1S/C16H17N3OS/c17-15(21)11-12-19(14-9-5-2-6-10-14)16(20)18-13-7-3-1-4-8-13/h1-10H,11-12H2,(H2,17,21)(H,18,20). The highest BCUT2D eigenvalue weighted by molar-refractivity contribution is 7.80. The van der Waals surface area contributed by atoms with E-state index in [4.69, 9.17) is 18.0 Å². The van der Waals surface area contributed by atoms with Gasteiger partial charge in [-0.1, -0.05) is 48.6 Å². The molecule has 2 aromatic carbocycles. The fraction of sp³-hybridized carbons (Fsp3) is 0.125. The van der Waals surface area contributed by atoms with Crippen LogP contribution in [0.5, 0.6) is 0 Å². The molecule has 0 aliphatic carbocycles. The van der Waals surface area contributed by atoms with Gasteiger partial charge in [-0.15, -0.1) is 0 Å². The van der Waals surface area contributed by atoms with Crippen molar-refractivity contribution in [1.29, 1.82) is 0 Å². The maximum absolute atomic E-state index is 12.5. The fourth-order valence-electron chi connectivity index (χ4n) is 1.89. The predicted molar refractivity (Wildman–Crippen MR) is 90.7 cm³/mol. The molecule has 21 heavy (non-hydrogen) atoms. The number of carbonyl (C=O) groups excluding carboxylic acids is 1. The summed E-state index contributed by atoms with van der Waals surface area (Å²) in [5, 5.41) is 2.87. The molecule has 0 saturated carbocycles. The summed E-state index contributed by atoms with van der Waals surface area (Å²) in [4.78, 5) is 14.5. The smallest absolute Gasteiger partial charge is 0.326 e. The first-order valence-corrected chi connectivity index (χ1v) is 7.04. The van der Waals surface area contributed by atoms with Crippen molar-refractivity contribution < 1.29 is 4.79 Å². The van der Waals surface area contributed by atoms with Crippen LogP contribution in [0.4, 0.5) is 16.2 Å². The van der Waals surface area contributed by atoms with E-state index in [0.717, 1.165) is 11.4 Å². The number of thiocarbonyl (C=S) groups is 1. The minimum atomic E-state index is -0.205. The fourth-order valence-corrected chi connectivity index (χ4v) is 1.98. The molecule has 0 aromatic heterocycles. The van der Waals surface area contributed by atoms with Crippen molar-refractivity contribution in [3.05, 3.63) is 60.7 Å². The third-order valence-corrected chi connectivity index (χ3v) is 3.12. The van der Waals surface area contributed by atoms with Crippen LogP contribution >= 0.6 is 12.2 Å². The van der Waals surface area contributed by atoms with Crippen LogP contribution in [0.15, 0.2) is 60.7 Å². The molecular formula is C16H17N3OS. The molecule has 0 heterocycles. The van der Waals surface area contributed by atoms with Gasteiger partial charge in [-0.05, 0) is 24.3 Å². The Hall–Kier alpha value is -2.40. The molecule has 2 aromatic rings. The minimum absolute atomic E-state index is 0.205. The summed E-state index contributed by atoms with van der Waals surface area (Å²) in [7, 11) is 0. The number of amides is 2. The van der Waals surface area contributed by atoms with Gasteiger partial charge >= 0.3 is 6.03 Å². The molecule has 0 radical (unpaired) electrons. The number of benzene rings is 2. The molecule has 0 aliphatic heterocycles. The number of urea groups is 1. The Labute approximate surface area is 129 Å². The number of nitrogens with two attached hydrogens (primary N) is 1. The molecule has 4 nitrogen and oxygen atoms in total. The maximum atomic E-state index is 12.5. The second-order valence-corrected chi connectivity index (χ2v) is 5.02. The van der Waals surface area contributed by atoms with Gasteiger partial charge in [-0.2, -0.15) is 0 Å². The number of nitrogens with zero attached hydrogens (tertiary/aromatic N) is 1. The molecule has 0 fully saturated rings. The van der Waals surface area contributed by atoms with E-state index in [0.29, 0.717) is 18.0 Å². The first-order chi connectivity index (χ1) is 10.2. The van der Waals surface area contributed by atoms with Crippen molar-refractivity contribution in [1.82, 2.24) is 0 Å². The van der Waals surface area contributed by atoms with Crippen LogP contribution < -0.4 is 16.0 Å². The lowest BCUT2D eigenvalue weighted by Crippen LogP contribution is -2.37. The topological polar surface area (TPSA) is 58.4 Å². The number of anilines is 2. The van der Waals surface area contributed by atoms with Crippen LogP contribution in [-0.2, 0) is 0 Å². The minimum Gasteiger partial charge on any atom is -0.393 e. The van der Waals surface area contributed by atoms with Gasteiger partial charge in [0.2, 0.25) is 0 Å². The summed E-state index contributed by atoms with van der Waals surface area (Å²) in [6, 6.07) is 18.6. The van der Waals surface area contributed by atoms with Crippen LogP contribution in [0.3, 0.4) is 0 Å². The molecule has 108 valence electrons. The second-order valence-electron chi connectivity index (χ2n) is 4.50. The van der Waals surface area contributed by atoms with Crippen molar-refractivity contribution in [3.63, 3.8) is 0 Å². The van der Waals surface area contributed by atoms with Crippen molar-refractivity contribution in [2.24, 2.45) is 5.73 Å². The van der Waals surface area contributed by atoms with Gasteiger partial charge in [-0.3, -0.25) is 4.90 Å². The number of hydrogen-bond acceptors (Lipinski definition) is 2. The first kappa shape index (κ1) is 15.0. The van der Waals surface area contributed by atoms with E-state index < -0.39 is 0 Å². The summed E-state index contributed by atoms with van der Waals surface area (Å²) in [5.74, 6) is 0. The zero-order chi connectivity index (χ0) is 15.1. The third kappa shape index (κ3) is 4.57. The average molecular weight is 299 g/mol. The molecule has 0 saturated heterocycles. The van der Waals surface area contributed by atoms with Gasteiger partial charge in [-0.25, -0.2) is 4.79 Å². The monoisotopic (exact) mass is 299 g/mol. The quantitative estimate of drug-likeness (QED) is 0.832. The zero-order valence-electron chi connectivity index (χ0n) is 11.5. The number of rotatable bonds is 5. The molecule has 0 atom stereocenters. The molecule has 2 rings (SSSR count). The summed E-state index contributed by atoms with van der Waals surface area (Å²) in [6.07, 6.45) is 0.479. The van der Waals surface area contributed by atoms with Crippen LogP contribution in [0, 0.1) is 0 Å². The van der Waals surface area contributed by atoms with Crippen molar-refractivity contribution in [2.75, 3.05) is 16.8 Å². The van der Waals surface area contributed by atoms with E-state index in [-0.39, 0.29) is 6.03 Å². The molecule has 0 unspecified atom stereocenters. The molecule has 0 spiro atoms. The highest BCUT2D eigenvalue weighted by Gasteiger charge is 2.15. The Bertz CT molecular complexity index is 601. The van der Waals surface area contributed by atoms with E-state index in [1.54, 1.807) is 4.90 Å². The molecule has 0 bridgehead atoms. The average Bonchev–Trinajstić information content (AvgIpc) is 2.49. The summed E-state index contributed by atoms with van der Waals surface area (Å²) in [6.45, 7) is 0.442. The number of carbonyl (C=O) groups is 1. The van der Waals surface area contributed by atoms with E-state index in [2.05, 4.69) is 5.32 Å². The van der Waals surface area contributed by atoms with E-state index in [9.17, 15) is 4.79 Å². The second kappa shape index (κ2) is 7.40. The number of nitrogens with one attached hydrogen (secondary N) is 1. The molecule has 0 aliphatic rings. The highest BCUT2D eigenvalue weighted by atomic mass is 32.1. The Morgan fingerprint density at radius 1 is 1.05 bits per heavy atom. The van der Waals surface area contributed by atoms with Gasteiger partial charge in [0.25, 0.3) is 0 Å². The summed E-state index contributed by atoms with van der Waals surface area (Å²) >= 11 is 4.90. The Morgan fingerprint density at radius 3 is 2.19 bits per heavy atom. The van der Waals surface area contributed by atoms with Crippen molar-refractivity contribution in [3.8, 4) is 0 Å². The largest absolute Gasteiger partial charge is 0.393 e. The molecular weight excluding hydrogens is 282 g/mol. The van der Waals surface area contributed by atoms with Crippen LogP contribution in [0.1, 0.15) is 6.42 Å². The van der Waals surface area contributed by atoms with Gasteiger partial charge in [0.15, 0.2) is 0 Å². The van der Waals surface area contributed by atoms with Gasteiger partial charge in [0, 0.05) is 24.3 Å². The maximum Gasteiger partial charge on any atom is 0.326 e. The Morgan fingerprint density at radius 2 is 1.62 bits per heavy atom. The van der Waals surface area contributed by atoms with Crippen LogP contribution in [0.2, 0.25) is 0 Å². The summed E-state index contributed by atoms with van der Waals surface area (Å²) in [5.41, 5.74) is 7.10. The predicted octanol–water partition coefficient (Wildman–Crippen LogP) is 3.40.